The molecule has 90 valence electrons. The van der Waals surface area contributed by atoms with Crippen molar-refractivity contribution in [3.05, 3.63) is 35.9 Å². The molecule has 2 aromatic rings. The lowest BCUT2D eigenvalue weighted by molar-refractivity contribution is 0.766. The number of aromatic nitrogens is 4. The Morgan fingerprint density at radius 1 is 1.53 bits per heavy atom. The average molecular weight is 249 g/mol. The standard InChI is InChI=1S/C11H15N5S/c1-8-3-4-13-11(15-8)17-10(5-12)9-6-14-16(2)7-9/h3-4,6-7,10H,5,12H2,1-2H3. The second kappa shape index (κ2) is 5.29. The fourth-order valence-electron chi connectivity index (χ4n) is 1.47. The Morgan fingerprint density at radius 2 is 2.35 bits per heavy atom. The fraction of sp³-hybridized carbons (Fsp3) is 0.364. The molecule has 0 fully saturated rings. The summed E-state index contributed by atoms with van der Waals surface area (Å²) in [7, 11) is 1.89. The molecule has 6 heteroatoms. The zero-order valence-corrected chi connectivity index (χ0v) is 10.7. The molecule has 0 bridgehead atoms. The molecule has 2 rings (SSSR count). The minimum absolute atomic E-state index is 0.144. The molecule has 0 aromatic carbocycles. The summed E-state index contributed by atoms with van der Waals surface area (Å²) in [6.07, 6.45) is 5.57. The van der Waals surface area contributed by atoms with Gasteiger partial charge in [0, 0.05) is 37.2 Å². The monoisotopic (exact) mass is 249 g/mol. The van der Waals surface area contributed by atoms with Gasteiger partial charge in [0.05, 0.1) is 11.4 Å². The van der Waals surface area contributed by atoms with Gasteiger partial charge >= 0.3 is 0 Å². The van der Waals surface area contributed by atoms with Crippen LogP contribution in [0.1, 0.15) is 16.5 Å². The van der Waals surface area contributed by atoms with Crippen LogP contribution in [0.5, 0.6) is 0 Å². The normalized spacial score (nSPS) is 12.6. The minimum atomic E-state index is 0.144. The molecule has 0 aliphatic carbocycles. The third-order valence-corrected chi connectivity index (χ3v) is 3.49. The highest BCUT2D eigenvalue weighted by Crippen LogP contribution is 2.31. The highest BCUT2D eigenvalue weighted by molar-refractivity contribution is 7.99. The van der Waals surface area contributed by atoms with E-state index >= 15 is 0 Å². The third-order valence-electron chi connectivity index (χ3n) is 2.33. The molecule has 0 aliphatic rings. The molecule has 1 atom stereocenters. The molecule has 0 saturated carbocycles. The van der Waals surface area contributed by atoms with Gasteiger partial charge in [-0.3, -0.25) is 4.68 Å². The molecule has 2 N–H and O–H groups in total. The summed E-state index contributed by atoms with van der Waals surface area (Å²) in [5, 5.41) is 5.05. The van der Waals surface area contributed by atoms with Crippen LogP contribution in [0.3, 0.4) is 0 Å². The zero-order chi connectivity index (χ0) is 12.3. The number of aryl methyl sites for hydroxylation is 2. The van der Waals surface area contributed by atoms with Crippen molar-refractivity contribution >= 4 is 11.8 Å². The Morgan fingerprint density at radius 3 is 2.94 bits per heavy atom. The quantitative estimate of drug-likeness (QED) is 0.653. The molecule has 1 unspecified atom stereocenters. The van der Waals surface area contributed by atoms with Gasteiger partial charge in [0.1, 0.15) is 0 Å². The third kappa shape index (κ3) is 3.04. The van der Waals surface area contributed by atoms with Crippen molar-refractivity contribution in [2.24, 2.45) is 12.8 Å². The van der Waals surface area contributed by atoms with Crippen molar-refractivity contribution in [3.63, 3.8) is 0 Å². The topological polar surface area (TPSA) is 69.6 Å². The molecular formula is C11H15N5S. The number of thioether (sulfide) groups is 1. The van der Waals surface area contributed by atoms with Crippen molar-refractivity contribution in [1.82, 2.24) is 19.7 Å². The van der Waals surface area contributed by atoms with Crippen LogP contribution in [-0.2, 0) is 7.05 Å². The summed E-state index contributed by atoms with van der Waals surface area (Å²) in [6.45, 7) is 2.49. The first kappa shape index (κ1) is 12.1. The molecule has 0 aliphatic heterocycles. The smallest absolute Gasteiger partial charge is 0.188 e. The highest BCUT2D eigenvalue weighted by Gasteiger charge is 2.14. The lowest BCUT2D eigenvalue weighted by Gasteiger charge is -2.10. The van der Waals surface area contributed by atoms with E-state index in [1.807, 2.05) is 32.4 Å². The Labute approximate surface area is 104 Å². The van der Waals surface area contributed by atoms with Gasteiger partial charge < -0.3 is 5.73 Å². The Bertz CT molecular complexity index is 496. The van der Waals surface area contributed by atoms with Crippen molar-refractivity contribution in [1.29, 1.82) is 0 Å². The van der Waals surface area contributed by atoms with Crippen LogP contribution in [0, 0.1) is 6.92 Å². The first-order valence-corrected chi connectivity index (χ1v) is 6.22. The Kier molecular flexibility index (Phi) is 3.75. The van der Waals surface area contributed by atoms with Gasteiger partial charge in [-0.1, -0.05) is 11.8 Å². The second-order valence-corrected chi connectivity index (χ2v) is 4.94. The Balaban J connectivity index is 2.15. The molecular weight excluding hydrogens is 234 g/mol. The second-order valence-electron chi connectivity index (χ2n) is 3.77. The van der Waals surface area contributed by atoms with Gasteiger partial charge in [-0.2, -0.15) is 5.10 Å². The number of nitrogens with zero attached hydrogens (tertiary/aromatic N) is 4. The number of rotatable bonds is 4. The number of hydrogen-bond acceptors (Lipinski definition) is 5. The molecule has 5 nitrogen and oxygen atoms in total. The maximum absolute atomic E-state index is 5.79. The van der Waals surface area contributed by atoms with Crippen molar-refractivity contribution in [3.8, 4) is 0 Å². The van der Waals surface area contributed by atoms with Gasteiger partial charge in [0.2, 0.25) is 0 Å². The van der Waals surface area contributed by atoms with E-state index in [9.17, 15) is 0 Å². The lowest BCUT2D eigenvalue weighted by Crippen LogP contribution is -2.09. The van der Waals surface area contributed by atoms with Crippen LogP contribution in [0.4, 0.5) is 0 Å². The van der Waals surface area contributed by atoms with Gasteiger partial charge in [0.25, 0.3) is 0 Å². The maximum atomic E-state index is 5.79. The predicted octanol–water partition coefficient (Wildman–Crippen LogP) is 1.31. The average Bonchev–Trinajstić information content (AvgIpc) is 2.73. The van der Waals surface area contributed by atoms with Crippen LogP contribution in [0.2, 0.25) is 0 Å². The van der Waals surface area contributed by atoms with E-state index in [1.165, 1.54) is 0 Å². The maximum Gasteiger partial charge on any atom is 0.188 e. The van der Waals surface area contributed by atoms with Crippen LogP contribution in [-0.4, -0.2) is 26.3 Å². The summed E-state index contributed by atoms with van der Waals surface area (Å²) in [5.41, 5.74) is 7.85. The Hall–Kier alpha value is -1.40. The lowest BCUT2D eigenvalue weighted by atomic mass is 10.2. The first-order valence-electron chi connectivity index (χ1n) is 5.34. The molecule has 17 heavy (non-hydrogen) atoms. The van der Waals surface area contributed by atoms with Gasteiger partial charge in [0.15, 0.2) is 5.16 Å². The van der Waals surface area contributed by atoms with Gasteiger partial charge in [-0.05, 0) is 13.0 Å². The van der Waals surface area contributed by atoms with Gasteiger partial charge in [-0.25, -0.2) is 9.97 Å². The van der Waals surface area contributed by atoms with Crippen molar-refractivity contribution < 1.29 is 0 Å². The summed E-state index contributed by atoms with van der Waals surface area (Å²) in [6, 6.07) is 1.88. The van der Waals surface area contributed by atoms with Crippen LogP contribution in [0.25, 0.3) is 0 Å². The predicted molar refractivity (Wildman–Crippen MR) is 67.6 cm³/mol. The first-order chi connectivity index (χ1) is 8.19. The molecule has 2 heterocycles. The SMILES string of the molecule is Cc1ccnc(SC(CN)c2cnn(C)c2)n1. The van der Waals surface area contributed by atoms with E-state index in [4.69, 9.17) is 5.73 Å². The molecule has 0 radical (unpaired) electrons. The fourth-order valence-corrected chi connectivity index (χ4v) is 2.40. The summed E-state index contributed by atoms with van der Waals surface area (Å²) in [4.78, 5) is 8.59. The molecule has 0 spiro atoms. The van der Waals surface area contributed by atoms with Crippen LogP contribution < -0.4 is 5.73 Å². The summed E-state index contributed by atoms with van der Waals surface area (Å²) < 4.78 is 1.77. The van der Waals surface area contributed by atoms with Crippen molar-refractivity contribution in [2.45, 2.75) is 17.3 Å². The van der Waals surface area contributed by atoms with E-state index in [0.29, 0.717) is 6.54 Å². The van der Waals surface area contributed by atoms with Gasteiger partial charge in [-0.15, -0.1) is 0 Å². The van der Waals surface area contributed by atoms with E-state index in [2.05, 4.69) is 15.1 Å². The van der Waals surface area contributed by atoms with Crippen LogP contribution >= 0.6 is 11.8 Å². The van der Waals surface area contributed by atoms with E-state index in [-0.39, 0.29) is 5.25 Å². The molecule has 0 saturated heterocycles. The summed E-state index contributed by atoms with van der Waals surface area (Å²) in [5.74, 6) is 0. The van der Waals surface area contributed by atoms with E-state index < -0.39 is 0 Å². The minimum Gasteiger partial charge on any atom is -0.329 e. The van der Waals surface area contributed by atoms with E-state index in [1.54, 1.807) is 22.6 Å². The molecule has 2 aromatic heterocycles. The largest absolute Gasteiger partial charge is 0.329 e. The number of nitrogens with two attached hydrogens (primary N) is 1. The summed E-state index contributed by atoms with van der Waals surface area (Å²) >= 11 is 1.57. The van der Waals surface area contributed by atoms with E-state index in [0.717, 1.165) is 16.4 Å². The van der Waals surface area contributed by atoms with Crippen LogP contribution in [0.15, 0.2) is 29.8 Å². The molecule has 0 amide bonds. The number of hydrogen-bond donors (Lipinski definition) is 1. The van der Waals surface area contributed by atoms with Crippen molar-refractivity contribution in [2.75, 3.05) is 6.54 Å². The highest BCUT2D eigenvalue weighted by atomic mass is 32.2. The zero-order valence-electron chi connectivity index (χ0n) is 9.87.